The number of benzene rings is 1. The highest BCUT2D eigenvalue weighted by molar-refractivity contribution is 7.11. The molecule has 0 unspecified atom stereocenters. The lowest BCUT2D eigenvalue weighted by Gasteiger charge is -2.06. The van der Waals surface area contributed by atoms with Crippen LogP contribution in [0.15, 0.2) is 24.3 Å². The number of Topliss-reactive ketones (excluding diaryl/α,β-unsaturated/α-hetero) is 1. The summed E-state index contributed by atoms with van der Waals surface area (Å²) in [6.45, 7) is 1.99. The van der Waals surface area contributed by atoms with Gasteiger partial charge >= 0.3 is 0 Å². The van der Waals surface area contributed by atoms with Crippen LogP contribution in [-0.4, -0.2) is 21.1 Å². The minimum absolute atomic E-state index is 0.133. The third-order valence-electron chi connectivity index (χ3n) is 2.75. The summed E-state index contributed by atoms with van der Waals surface area (Å²) in [7, 11) is 0. The molecular weight excluding hydrogens is 264 g/mol. The molecule has 5 heteroatoms. The normalized spacial score (nSPS) is 10.6. The van der Waals surface area contributed by atoms with Crippen molar-refractivity contribution in [2.24, 2.45) is 0 Å². The van der Waals surface area contributed by atoms with Gasteiger partial charge in [-0.05, 0) is 25.5 Å². The summed E-state index contributed by atoms with van der Waals surface area (Å²) >= 11 is 1.62. The number of hydrogen-bond acceptors (Lipinski definition) is 5. The second kappa shape index (κ2) is 5.32. The maximum atomic E-state index is 12.0. The number of carbonyl (C=O) groups excluding carboxylic acids is 1. The van der Waals surface area contributed by atoms with E-state index < -0.39 is 11.5 Å². The number of aromatic hydroxyl groups is 3. The van der Waals surface area contributed by atoms with E-state index in [0.29, 0.717) is 6.42 Å². The van der Waals surface area contributed by atoms with Crippen molar-refractivity contribution in [3.63, 3.8) is 0 Å². The molecule has 2 rings (SSSR count). The van der Waals surface area contributed by atoms with Crippen LogP contribution < -0.4 is 0 Å². The highest BCUT2D eigenvalue weighted by Crippen LogP contribution is 2.33. The molecule has 0 aliphatic heterocycles. The van der Waals surface area contributed by atoms with Gasteiger partial charge in [-0.3, -0.25) is 4.79 Å². The Bertz CT molecular complexity index is 593. The molecule has 1 aromatic heterocycles. The van der Waals surface area contributed by atoms with Crippen LogP contribution in [0.4, 0.5) is 0 Å². The standard InChI is InChI=1S/C14H14O4S/c1-8-2-3-10(19-8)4-5-11(16)14-12(17)6-9(15)7-13(14)18/h2-3,6-7,15,17-18H,4-5H2,1H3. The van der Waals surface area contributed by atoms with Crippen molar-refractivity contribution in [3.8, 4) is 17.2 Å². The lowest BCUT2D eigenvalue weighted by atomic mass is 10.0. The molecule has 19 heavy (non-hydrogen) atoms. The van der Waals surface area contributed by atoms with E-state index in [1.807, 2.05) is 19.1 Å². The molecule has 3 N–H and O–H groups in total. The zero-order valence-electron chi connectivity index (χ0n) is 10.4. The lowest BCUT2D eigenvalue weighted by molar-refractivity contribution is 0.0977. The fourth-order valence-corrected chi connectivity index (χ4v) is 2.75. The van der Waals surface area contributed by atoms with E-state index in [4.69, 9.17) is 0 Å². The maximum absolute atomic E-state index is 12.0. The second-order valence-electron chi connectivity index (χ2n) is 4.29. The number of thiophene rings is 1. The Morgan fingerprint density at radius 3 is 2.32 bits per heavy atom. The van der Waals surface area contributed by atoms with Crippen LogP contribution in [0.1, 0.15) is 26.5 Å². The molecule has 1 heterocycles. The van der Waals surface area contributed by atoms with Crippen LogP contribution in [-0.2, 0) is 6.42 Å². The Morgan fingerprint density at radius 2 is 1.79 bits per heavy atom. The number of carbonyl (C=O) groups is 1. The monoisotopic (exact) mass is 278 g/mol. The van der Waals surface area contributed by atoms with Gasteiger partial charge in [0.1, 0.15) is 22.8 Å². The topological polar surface area (TPSA) is 77.8 Å². The van der Waals surface area contributed by atoms with Gasteiger partial charge in [0.15, 0.2) is 5.78 Å². The van der Waals surface area contributed by atoms with Crippen molar-refractivity contribution in [2.75, 3.05) is 0 Å². The van der Waals surface area contributed by atoms with E-state index >= 15 is 0 Å². The quantitative estimate of drug-likeness (QED) is 0.751. The van der Waals surface area contributed by atoms with Gasteiger partial charge in [0.25, 0.3) is 0 Å². The molecule has 0 amide bonds. The summed E-state index contributed by atoms with van der Waals surface area (Å²) in [6.07, 6.45) is 0.767. The van der Waals surface area contributed by atoms with E-state index in [0.717, 1.165) is 17.0 Å². The SMILES string of the molecule is Cc1ccc(CCC(=O)c2c(O)cc(O)cc2O)s1. The fraction of sp³-hybridized carbons (Fsp3) is 0.214. The smallest absolute Gasteiger partial charge is 0.170 e. The van der Waals surface area contributed by atoms with E-state index in [-0.39, 0.29) is 23.5 Å². The van der Waals surface area contributed by atoms with Gasteiger partial charge in [-0.15, -0.1) is 11.3 Å². The number of hydrogen-bond donors (Lipinski definition) is 3. The van der Waals surface area contributed by atoms with Gasteiger partial charge in [0, 0.05) is 28.3 Å². The predicted octanol–water partition coefficient (Wildman–Crippen LogP) is 2.99. The maximum Gasteiger partial charge on any atom is 0.170 e. The summed E-state index contributed by atoms with van der Waals surface area (Å²) in [5, 5.41) is 28.4. The lowest BCUT2D eigenvalue weighted by Crippen LogP contribution is -2.01. The van der Waals surface area contributed by atoms with Crippen molar-refractivity contribution >= 4 is 17.1 Å². The van der Waals surface area contributed by atoms with Crippen LogP contribution in [0.25, 0.3) is 0 Å². The van der Waals surface area contributed by atoms with Gasteiger partial charge in [-0.1, -0.05) is 0 Å². The van der Waals surface area contributed by atoms with Gasteiger partial charge < -0.3 is 15.3 Å². The van der Waals surface area contributed by atoms with E-state index in [1.54, 1.807) is 11.3 Å². The van der Waals surface area contributed by atoms with E-state index in [1.165, 1.54) is 4.88 Å². The summed E-state index contributed by atoms with van der Waals surface area (Å²) in [5.41, 5.74) is -0.133. The van der Waals surface area contributed by atoms with Crippen LogP contribution in [0.2, 0.25) is 0 Å². The minimum atomic E-state index is -0.398. The molecule has 0 aliphatic rings. The molecular formula is C14H14O4S. The number of phenolic OH excluding ortho intramolecular Hbond substituents is 3. The first kappa shape index (κ1) is 13.4. The predicted molar refractivity (Wildman–Crippen MR) is 73.1 cm³/mol. The largest absolute Gasteiger partial charge is 0.508 e. The third-order valence-corrected chi connectivity index (χ3v) is 3.82. The Kier molecular flexibility index (Phi) is 3.76. The summed E-state index contributed by atoms with van der Waals surface area (Å²) < 4.78 is 0. The van der Waals surface area contributed by atoms with Crippen LogP contribution >= 0.6 is 11.3 Å². The Labute approximate surface area is 114 Å². The molecule has 0 bridgehead atoms. The fourth-order valence-electron chi connectivity index (χ4n) is 1.86. The van der Waals surface area contributed by atoms with Crippen molar-refractivity contribution in [1.82, 2.24) is 0 Å². The Balaban J connectivity index is 2.12. The van der Waals surface area contributed by atoms with Crippen molar-refractivity contribution < 1.29 is 20.1 Å². The highest BCUT2D eigenvalue weighted by atomic mass is 32.1. The highest BCUT2D eigenvalue weighted by Gasteiger charge is 2.17. The van der Waals surface area contributed by atoms with E-state index in [2.05, 4.69) is 0 Å². The molecule has 0 saturated carbocycles. The molecule has 4 nitrogen and oxygen atoms in total. The molecule has 2 aromatic rings. The molecule has 100 valence electrons. The summed E-state index contributed by atoms with van der Waals surface area (Å²) in [4.78, 5) is 14.2. The Hall–Kier alpha value is -2.01. The Morgan fingerprint density at radius 1 is 1.16 bits per heavy atom. The van der Waals surface area contributed by atoms with Crippen LogP contribution in [0, 0.1) is 6.92 Å². The number of phenols is 3. The van der Waals surface area contributed by atoms with Crippen molar-refractivity contribution in [3.05, 3.63) is 39.6 Å². The molecule has 0 atom stereocenters. The molecule has 0 fully saturated rings. The second-order valence-corrected chi connectivity index (χ2v) is 5.67. The first-order chi connectivity index (χ1) is 8.97. The molecule has 0 saturated heterocycles. The van der Waals surface area contributed by atoms with Crippen molar-refractivity contribution in [1.29, 1.82) is 0 Å². The van der Waals surface area contributed by atoms with Gasteiger partial charge in [-0.2, -0.15) is 0 Å². The average molecular weight is 278 g/mol. The number of aryl methyl sites for hydroxylation is 2. The average Bonchev–Trinajstić information content (AvgIpc) is 2.71. The molecule has 0 radical (unpaired) electrons. The first-order valence-electron chi connectivity index (χ1n) is 5.81. The van der Waals surface area contributed by atoms with Gasteiger partial charge in [0.05, 0.1) is 0 Å². The van der Waals surface area contributed by atoms with Gasteiger partial charge in [0.2, 0.25) is 0 Å². The van der Waals surface area contributed by atoms with Crippen LogP contribution in [0.3, 0.4) is 0 Å². The molecule has 1 aromatic carbocycles. The first-order valence-corrected chi connectivity index (χ1v) is 6.62. The number of rotatable bonds is 4. The molecule has 0 aliphatic carbocycles. The summed E-state index contributed by atoms with van der Waals surface area (Å²) in [5.74, 6) is -1.42. The van der Waals surface area contributed by atoms with Crippen molar-refractivity contribution in [2.45, 2.75) is 19.8 Å². The number of ketones is 1. The summed E-state index contributed by atoms with van der Waals surface area (Å²) in [6, 6.07) is 6.04. The van der Waals surface area contributed by atoms with Gasteiger partial charge in [-0.25, -0.2) is 0 Å². The molecule has 0 spiro atoms. The minimum Gasteiger partial charge on any atom is -0.508 e. The van der Waals surface area contributed by atoms with Crippen LogP contribution in [0.5, 0.6) is 17.2 Å². The van der Waals surface area contributed by atoms with E-state index in [9.17, 15) is 20.1 Å². The third kappa shape index (κ3) is 3.06. The zero-order chi connectivity index (χ0) is 14.0. The zero-order valence-corrected chi connectivity index (χ0v) is 11.2.